The van der Waals surface area contributed by atoms with E-state index >= 15 is 0 Å². The zero-order valence-corrected chi connectivity index (χ0v) is 14.1. The maximum atomic E-state index is 12.2. The van der Waals surface area contributed by atoms with Crippen LogP contribution >= 0.6 is 11.3 Å². The van der Waals surface area contributed by atoms with E-state index in [1.165, 1.54) is 11.3 Å². The Labute approximate surface area is 135 Å². The predicted octanol–water partition coefficient (Wildman–Crippen LogP) is 3.15. The summed E-state index contributed by atoms with van der Waals surface area (Å²) in [6.07, 6.45) is 2.75. The first-order valence-electron chi connectivity index (χ1n) is 7.57. The summed E-state index contributed by atoms with van der Waals surface area (Å²) in [7, 11) is 0. The average Bonchev–Trinajstić information content (AvgIpc) is 2.79. The van der Waals surface area contributed by atoms with E-state index in [0.717, 1.165) is 36.3 Å². The van der Waals surface area contributed by atoms with Crippen molar-refractivity contribution in [2.75, 3.05) is 18.5 Å². The molecule has 22 heavy (non-hydrogen) atoms. The Morgan fingerprint density at radius 2 is 2.32 bits per heavy atom. The molecule has 1 saturated heterocycles. The van der Waals surface area contributed by atoms with Crippen molar-refractivity contribution < 1.29 is 14.3 Å². The number of nitriles is 1. The lowest BCUT2D eigenvalue weighted by Crippen LogP contribution is -2.32. The number of rotatable bonds is 5. The fourth-order valence-electron chi connectivity index (χ4n) is 2.33. The quantitative estimate of drug-likeness (QED) is 0.904. The van der Waals surface area contributed by atoms with Gasteiger partial charge in [0, 0.05) is 11.5 Å². The minimum Gasteiger partial charge on any atom is -0.376 e. The molecule has 2 heterocycles. The minimum atomic E-state index is -0.570. The van der Waals surface area contributed by atoms with Crippen LogP contribution in [0.1, 0.15) is 42.2 Å². The fraction of sp³-hybridized carbons (Fsp3) is 0.625. The summed E-state index contributed by atoms with van der Waals surface area (Å²) in [5.41, 5.74) is 1.46. The van der Waals surface area contributed by atoms with Crippen LogP contribution in [-0.4, -0.2) is 31.3 Å². The highest BCUT2D eigenvalue weighted by atomic mass is 32.1. The van der Waals surface area contributed by atoms with E-state index in [4.69, 9.17) is 9.47 Å². The van der Waals surface area contributed by atoms with E-state index in [2.05, 4.69) is 11.4 Å². The van der Waals surface area contributed by atoms with E-state index in [-0.39, 0.29) is 12.0 Å². The smallest absolute Gasteiger partial charge is 0.253 e. The van der Waals surface area contributed by atoms with E-state index in [9.17, 15) is 10.1 Å². The molecule has 2 unspecified atom stereocenters. The second kappa shape index (κ2) is 7.73. The molecule has 1 aromatic heterocycles. The van der Waals surface area contributed by atoms with Gasteiger partial charge < -0.3 is 14.8 Å². The number of nitrogens with zero attached hydrogens (tertiary/aromatic N) is 1. The molecule has 0 spiro atoms. The number of amides is 1. The molecule has 2 atom stereocenters. The summed E-state index contributed by atoms with van der Waals surface area (Å²) >= 11 is 1.42. The van der Waals surface area contributed by atoms with Crippen LogP contribution < -0.4 is 5.32 Å². The van der Waals surface area contributed by atoms with Crippen molar-refractivity contribution in [1.29, 1.82) is 5.26 Å². The van der Waals surface area contributed by atoms with Gasteiger partial charge in [-0.05, 0) is 45.6 Å². The third kappa shape index (κ3) is 4.07. The summed E-state index contributed by atoms with van der Waals surface area (Å²) < 4.78 is 11.2. The largest absolute Gasteiger partial charge is 0.376 e. The van der Waals surface area contributed by atoms with Crippen molar-refractivity contribution in [2.45, 2.75) is 52.2 Å². The lowest BCUT2D eigenvalue weighted by Gasteiger charge is -2.23. The number of hydrogen-bond acceptors (Lipinski definition) is 5. The molecular weight excluding hydrogens is 300 g/mol. The number of carbonyl (C=O) groups is 1. The number of nitrogens with one attached hydrogen (secondary N) is 1. The monoisotopic (exact) mass is 322 g/mol. The molecule has 1 aliphatic rings. The number of ether oxygens (including phenoxy) is 2. The second-order valence-electron chi connectivity index (χ2n) is 5.55. The van der Waals surface area contributed by atoms with Gasteiger partial charge in [-0.25, -0.2) is 0 Å². The maximum absolute atomic E-state index is 12.2. The summed E-state index contributed by atoms with van der Waals surface area (Å²) in [6, 6.07) is 2.15. The summed E-state index contributed by atoms with van der Waals surface area (Å²) in [5.74, 6) is -0.228. The van der Waals surface area contributed by atoms with Gasteiger partial charge in [-0.3, -0.25) is 4.79 Å². The van der Waals surface area contributed by atoms with Gasteiger partial charge in [-0.1, -0.05) is 0 Å². The normalized spacial score (nSPS) is 19.5. The minimum absolute atomic E-state index is 0.0879. The van der Waals surface area contributed by atoms with Crippen LogP contribution in [0.25, 0.3) is 0 Å². The van der Waals surface area contributed by atoms with Gasteiger partial charge in [0.25, 0.3) is 5.91 Å². The molecule has 0 radical (unpaired) electrons. The van der Waals surface area contributed by atoms with E-state index in [1.807, 2.05) is 13.8 Å². The van der Waals surface area contributed by atoms with Crippen LogP contribution in [0.3, 0.4) is 0 Å². The number of aryl methyl sites for hydroxylation is 1. The Morgan fingerprint density at radius 3 is 2.95 bits per heavy atom. The van der Waals surface area contributed by atoms with Gasteiger partial charge >= 0.3 is 0 Å². The van der Waals surface area contributed by atoms with Gasteiger partial charge in [0.2, 0.25) is 0 Å². The van der Waals surface area contributed by atoms with Crippen molar-refractivity contribution in [3.8, 4) is 6.07 Å². The number of hydrogen-bond donors (Lipinski definition) is 1. The molecule has 5 nitrogen and oxygen atoms in total. The zero-order valence-electron chi connectivity index (χ0n) is 13.3. The summed E-state index contributed by atoms with van der Waals surface area (Å²) in [4.78, 5) is 13.2. The molecule has 0 aromatic carbocycles. The van der Waals surface area contributed by atoms with Crippen molar-refractivity contribution in [3.63, 3.8) is 0 Å². The summed E-state index contributed by atoms with van der Waals surface area (Å²) in [5, 5.41) is 12.6. The Kier molecular flexibility index (Phi) is 5.95. The molecule has 1 aliphatic heterocycles. The Bertz CT molecular complexity index is 571. The predicted molar refractivity (Wildman–Crippen MR) is 86.1 cm³/mol. The molecule has 0 bridgehead atoms. The Morgan fingerprint density at radius 1 is 1.55 bits per heavy atom. The lowest BCUT2D eigenvalue weighted by atomic mass is 10.1. The van der Waals surface area contributed by atoms with Crippen LogP contribution in [0.15, 0.2) is 0 Å². The second-order valence-corrected chi connectivity index (χ2v) is 6.78. The van der Waals surface area contributed by atoms with Gasteiger partial charge in [0.05, 0.1) is 18.3 Å². The molecule has 1 N–H and O–H groups in total. The Hall–Kier alpha value is -1.42. The number of carbonyl (C=O) groups excluding carboxylic acids is 1. The van der Waals surface area contributed by atoms with Gasteiger partial charge in [0.15, 0.2) is 0 Å². The van der Waals surface area contributed by atoms with E-state index < -0.39 is 6.10 Å². The maximum Gasteiger partial charge on any atom is 0.253 e. The molecule has 0 aliphatic carbocycles. The molecule has 1 amide bonds. The van der Waals surface area contributed by atoms with Gasteiger partial charge in [-0.15, -0.1) is 11.3 Å². The first-order valence-corrected chi connectivity index (χ1v) is 8.38. The molecular formula is C16H22N2O3S. The molecule has 1 fully saturated rings. The number of thiophene rings is 1. The fourth-order valence-corrected chi connectivity index (χ4v) is 3.34. The van der Waals surface area contributed by atoms with Crippen LogP contribution in [0.4, 0.5) is 5.00 Å². The van der Waals surface area contributed by atoms with Crippen LogP contribution in [0.5, 0.6) is 0 Å². The first kappa shape index (κ1) is 16.9. The highest BCUT2D eigenvalue weighted by Crippen LogP contribution is 2.31. The third-order valence-corrected chi connectivity index (χ3v) is 5.03. The highest BCUT2D eigenvalue weighted by molar-refractivity contribution is 7.16. The van der Waals surface area contributed by atoms with Crippen molar-refractivity contribution in [3.05, 3.63) is 16.0 Å². The topological polar surface area (TPSA) is 71.3 Å². The third-order valence-electron chi connectivity index (χ3n) is 3.91. The van der Waals surface area contributed by atoms with Crippen molar-refractivity contribution >= 4 is 22.2 Å². The molecule has 6 heteroatoms. The number of anilines is 1. The Balaban J connectivity index is 1.88. The highest BCUT2D eigenvalue weighted by Gasteiger charge is 2.21. The van der Waals surface area contributed by atoms with Crippen molar-refractivity contribution in [2.24, 2.45) is 0 Å². The standard InChI is InChI=1S/C16H22N2O3S/c1-10-12(3)22-16(14(10)8-17)18-15(19)11(2)21-9-13-6-4-5-7-20-13/h11,13H,4-7,9H2,1-3H3,(H,18,19). The summed E-state index contributed by atoms with van der Waals surface area (Å²) in [6.45, 7) is 6.75. The van der Waals surface area contributed by atoms with Crippen LogP contribution in [-0.2, 0) is 14.3 Å². The van der Waals surface area contributed by atoms with Gasteiger partial charge in [-0.2, -0.15) is 5.26 Å². The van der Waals surface area contributed by atoms with Crippen LogP contribution in [0.2, 0.25) is 0 Å². The SMILES string of the molecule is Cc1sc(NC(=O)C(C)OCC2CCCCO2)c(C#N)c1C. The van der Waals surface area contributed by atoms with Gasteiger partial charge in [0.1, 0.15) is 17.2 Å². The molecule has 120 valence electrons. The first-order chi connectivity index (χ1) is 10.5. The van der Waals surface area contributed by atoms with E-state index in [0.29, 0.717) is 17.2 Å². The average molecular weight is 322 g/mol. The van der Waals surface area contributed by atoms with Crippen LogP contribution in [0, 0.1) is 25.2 Å². The van der Waals surface area contributed by atoms with Crippen molar-refractivity contribution in [1.82, 2.24) is 0 Å². The lowest BCUT2D eigenvalue weighted by molar-refractivity contribution is -0.130. The van der Waals surface area contributed by atoms with E-state index in [1.54, 1.807) is 6.92 Å². The zero-order chi connectivity index (χ0) is 16.1. The molecule has 1 aromatic rings. The molecule has 2 rings (SSSR count). The molecule has 0 saturated carbocycles.